The number of benzene rings is 1. The molecule has 1 saturated heterocycles. The lowest BCUT2D eigenvalue weighted by Gasteiger charge is -2.30. The molecule has 1 aliphatic heterocycles. The molecule has 1 unspecified atom stereocenters. The van der Waals surface area contributed by atoms with Crippen molar-refractivity contribution in [1.29, 1.82) is 0 Å². The van der Waals surface area contributed by atoms with Crippen LogP contribution in [-0.2, 0) is 10.0 Å². The largest absolute Gasteiger partial charge is 0.320 e. The summed E-state index contributed by atoms with van der Waals surface area (Å²) in [6.45, 7) is 3.36. The fraction of sp³-hybridized carbons (Fsp3) is 0.429. The fourth-order valence-electron chi connectivity index (χ4n) is 2.08. The highest BCUT2D eigenvalue weighted by atomic mass is 32.2. The summed E-state index contributed by atoms with van der Waals surface area (Å²) in [6, 6.07) is 6.84. The van der Waals surface area contributed by atoms with Crippen LogP contribution in [0.2, 0.25) is 0 Å². The molecule has 1 aromatic carbocycles. The summed E-state index contributed by atoms with van der Waals surface area (Å²) in [4.78, 5) is 0.278. The van der Waals surface area contributed by atoms with Crippen molar-refractivity contribution in [3.63, 3.8) is 0 Å². The summed E-state index contributed by atoms with van der Waals surface area (Å²) in [5.74, 6) is 6.39. The Morgan fingerprint density at radius 2 is 2.20 bits per heavy atom. The van der Waals surface area contributed by atoms with E-state index in [1.54, 1.807) is 40.3 Å². The monoisotopic (exact) mass is 310 g/mol. The van der Waals surface area contributed by atoms with Crippen LogP contribution in [0.25, 0.3) is 0 Å². The molecule has 0 aliphatic carbocycles. The molecule has 0 radical (unpaired) electrons. The number of nitrogens with two attached hydrogens (primary N) is 1. The zero-order chi connectivity index (χ0) is 14.6. The Morgan fingerprint density at radius 1 is 1.45 bits per heavy atom. The van der Waals surface area contributed by atoms with Gasteiger partial charge in [0.25, 0.3) is 0 Å². The zero-order valence-corrected chi connectivity index (χ0v) is 13.0. The fourth-order valence-corrected chi connectivity index (χ4v) is 4.99. The molecule has 0 aromatic heterocycles. The minimum absolute atomic E-state index is 0.214. The summed E-state index contributed by atoms with van der Waals surface area (Å²) in [7, 11) is -3.48. The van der Waals surface area contributed by atoms with Gasteiger partial charge >= 0.3 is 0 Å². The third kappa shape index (κ3) is 3.36. The maximum absolute atomic E-state index is 12.7. The molecule has 2 N–H and O–H groups in total. The van der Waals surface area contributed by atoms with Crippen LogP contribution in [0, 0.1) is 11.8 Å². The van der Waals surface area contributed by atoms with E-state index in [2.05, 4.69) is 11.8 Å². The normalized spacial score (nSPS) is 20.2. The molecular formula is C14H18N2O2S2. The maximum Gasteiger partial charge on any atom is 0.244 e. The van der Waals surface area contributed by atoms with E-state index in [9.17, 15) is 8.42 Å². The number of sulfonamides is 1. The van der Waals surface area contributed by atoms with Crippen molar-refractivity contribution in [2.24, 2.45) is 5.73 Å². The van der Waals surface area contributed by atoms with Gasteiger partial charge in [-0.05, 0) is 12.1 Å². The first kappa shape index (κ1) is 15.4. The number of thioether (sulfide) groups is 1. The topological polar surface area (TPSA) is 63.4 Å². The third-order valence-corrected chi connectivity index (χ3v) is 6.09. The standard InChI is InChI=1S/C14H18N2O2S2/c1-12-11-16(9-10-19-12)20(17,18)14-7-3-2-5-13(14)6-4-8-15/h2-3,5,7,12H,8-11,15H2,1H3. The first-order valence-electron chi connectivity index (χ1n) is 6.45. The number of rotatable bonds is 2. The molecule has 1 heterocycles. The highest BCUT2D eigenvalue weighted by Gasteiger charge is 2.30. The van der Waals surface area contributed by atoms with E-state index in [0.29, 0.717) is 23.9 Å². The molecule has 4 nitrogen and oxygen atoms in total. The molecule has 1 aliphatic rings. The van der Waals surface area contributed by atoms with Crippen LogP contribution in [0.5, 0.6) is 0 Å². The molecule has 1 aromatic rings. The van der Waals surface area contributed by atoms with Crippen LogP contribution in [0.15, 0.2) is 29.2 Å². The van der Waals surface area contributed by atoms with E-state index in [0.717, 1.165) is 5.75 Å². The van der Waals surface area contributed by atoms with Gasteiger partial charge in [-0.2, -0.15) is 16.1 Å². The van der Waals surface area contributed by atoms with Gasteiger partial charge in [-0.15, -0.1) is 0 Å². The molecule has 1 atom stereocenters. The van der Waals surface area contributed by atoms with Gasteiger partial charge in [-0.1, -0.05) is 30.9 Å². The summed E-state index contributed by atoms with van der Waals surface area (Å²) >= 11 is 1.80. The van der Waals surface area contributed by atoms with Crippen LogP contribution >= 0.6 is 11.8 Å². The number of nitrogens with zero attached hydrogens (tertiary/aromatic N) is 1. The van der Waals surface area contributed by atoms with Gasteiger partial charge in [0.2, 0.25) is 10.0 Å². The minimum atomic E-state index is -3.48. The lowest BCUT2D eigenvalue weighted by Crippen LogP contribution is -2.41. The van der Waals surface area contributed by atoms with Crippen LogP contribution in [0.1, 0.15) is 12.5 Å². The Balaban J connectivity index is 2.39. The van der Waals surface area contributed by atoms with E-state index >= 15 is 0 Å². The van der Waals surface area contributed by atoms with Crippen LogP contribution in [0.4, 0.5) is 0 Å². The smallest absolute Gasteiger partial charge is 0.244 e. The maximum atomic E-state index is 12.7. The Hall–Kier alpha value is -1.00. The lowest BCUT2D eigenvalue weighted by molar-refractivity contribution is 0.424. The summed E-state index contributed by atoms with van der Waals surface area (Å²) in [5.41, 5.74) is 5.88. The van der Waals surface area contributed by atoms with E-state index in [4.69, 9.17) is 5.73 Å². The Kier molecular flexibility index (Phi) is 5.11. The second-order valence-electron chi connectivity index (χ2n) is 4.55. The lowest BCUT2D eigenvalue weighted by atomic mass is 10.2. The van der Waals surface area contributed by atoms with Crippen LogP contribution in [0.3, 0.4) is 0 Å². The molecule has 6 heteroatoms. The molecule has 0 spiro atoms. The van der Waals surface area contributed by atoms with E-state index in [1.807, 2.05) is 6.92 Å². The Labute approximate surface area is 124 Å². The predicted molar refractivity (Wildman–Crippen MR) is 83.1 cm³/mol. The highest BCUT2D eigenvalue weighted by molar-refractivity contribution is 8.00. The Bertz CT molecular complexity index is 632. The molecular weight excluding hydrogens is 292 g/mol. The van der Waals surface area contributed by atoms with Gasteiger partial charge in [-0.3, -0.25) is 0 Å². The molecule has 0 saturated carbocycles. The van der Waals surface area contributed by atoms with E-state index in [-0.39, 0.29) is 11.4 Å². The van der Waals surface area contributed by atoms with Gasteiger partial charge in [-0.25, -0.2) is 8.42 Å². The van der Waals surface area contributed by atoms with Gasteiger partial charge in [0.1, 0.15) is 0 Å². The SMILES string of the molecule is CC1CN(S(=O)(=O)c2ccccc2C#CCN)CCS1. The van der Waals surface area contributed by atoms with Crippen molar-refractivity contribution < 1.29 is 8.42 Å². The second-order valence-corrected chi connectivity index (χ2v) is 8.00. The number of hydrogen-bond acceptors (Lipinski definition) is 4. The van der Waals surface area contributed by atoms with Crippen molar-refractivity contribution in [3.8, 4) is 11.8 Å². The molecule has 20 heavy (non-hydrogen) atoms. The molecule has 0 amide bonds. The third-order valence-electron chi connectivity index (χ3n) is 3.03. The molecule has 108 valence electrons. The zero-order valence-electron chi connectivity index (χ0n) is 11.4. The predicted octanol–water partition coefficient (Wildman–Crippen LogP) is 1.12. The van der Waals surface area contributed by atoms with Gasteiger partial charge in [0.15, 0.2) is 0 Å². The average Bonchev–Trinajstić information content (AvgIpc) is 2.45. The quantitative estimate of drug-likeness (QED) is 0.832. The summed E-state index contributed by atoms with van der Waals surface area (Å²) in [6.07, 6.45) is 0. The number of hydrogen-bond donors (Lipinski definition) is 1. The van der Waals surface area contributed by atoms with Crippen LogP contribution < -0.4 is 5.73 Å². The van der Waals surface area contributed by atoms with Gasteiger partial charge < -0.3 is 5.73 Å². The molecule has 2 rings (SSSR count). The van der Waals surface area contributed by atoms with Gasteiger partial charge in [0, 0.05) is 29.7 Å². The first-order valence-corrected chi connectivity index (χ1v) is 8.94. The van der Waals surface area contributed by atoms with Crippen LogP contribution in [-0.4, -0.2) is 43.4 Å². The van der Waals surface area contributed by atoms with Crippen molar-refractivity contribution in [1.82, 2.24) is 4.31 Å². The van der Waals surface area contributed by atoms with Crippen molar-refractivity contribution in [3.05, 3.63) is 29.8 Å². The van der Waals surface area contributed by atoms with E-state index < -0.39 is 10.0 Å². The van der Waals surface area contributed by atoms with Crippen molar-refractivity contribution in [2.45, 2.75) is 17.1 Å². The summed E-state index contributed by atoms with van der Waals surface area (Å²) < 4.78 is 27.0. The highest BCUT2D eigenvalue weighted by Crippen LogP contribution is 2.25. The summed E-state index contributed by atoms with van der Waals surface area (Å²) in [5, 5.41) is 0.320. The Morgan fingerprint density at radius 3 is 2.90 bits per heavy atom. The molecule has 1 fully saturated rings. The second kappa shape index (κ2) is 6.64. The first-order chi connectivity index (χ1) is 9.55. The molecule has 0 bridgehead atoms. The van der Waals surface area contributed by atoms with Crippen molar-refractivity contribution in [2.75, 3.05) is 25.4 Å². The average molecular weight is 310 g/mol. The van der Waals surface area contributed by atoms with Gasteiger partial charge in [0.05, 0.1) is 11.4 Å². The van der Waals surface area contributed by atoms with E-state index in [1.165, 1.54) is 0 Å². The van der Waals surface area contributed by atoms with Crippen molar-refractivity contribution >= 4 is 21.8 Å². The minimum Gasteiger partial charge on any atom is -0.320 e.